The predicted molar refractivity (Wildman–Crippen MR) is 89.8 cm³/mol. The van der Waals surface area contributed by atoms with E-state index >= 15 is 0 Å². The molecule has 0 bridgehead atoms. The standard InChI is InChI=1S/C18H16N2O4/c1-12(22)24-14-8-6-13(7-9-14)17-19-16-5-3-2-4-15(16)18(23)20(17)10-11-21/h2-9,21H,10-11H2,1H3. The fourth-order valence-electron chi connectivity index (χ4n) is 2.53. The molecule has 3 rings (SSSR count). The van der Waals surface area contributed by atoms with Crippen molar-refractivity contribution in [3.63, 3.8) is 0 Å². The van der Waals surface area contributed by atoms with Gasteiger partial charge in [0.25, 0.3) is 5.56 Å². The van der Waals surface area contributed by atoms with Gasteiger partial charge in [-0.15, -0.1) is 0 Å². The van der Waals surface area contributed by atoms with Crippen molar-refractivity contribution in [2.45, 2.75) is 13.5 Å². The summed E-state index contributed by atoms with van der Waals surface area (Å²) in [6.45, 7) is 1.31. The van der Waals surface area contributed by atoms with Crippen LogP contribution < -0.4 is 10.3 Å². The average molecular weight is 324 g/mol. The van der Waals surface area contributed by atoms with Crippen molar-refractivity contribution in [2.75, 3.05) is 6.61 Å². The highest BCUT2D eigenvalue weighted by Crippen LogP contribution is 2.22. The number of hydrogen-bond donors (Lipinski definition) is 1. The van der Waals surface area contributed by atoms with E-state index in [2.05, 4.69) is 4.98 Å². The quantitative estimate of drug-likeness (QED) is 0.586. The number of ether oxygens (including phenoxy) is 1. The molecular formula is C18H16N2O4. The molecule has 6 nitrogen and oxygen atoms in total. The SMILES string of the molecule is CC(=O)Oc1ccc(-c2nc3ccccc3c(=O)n2CCO)cc1. The summed E-state index contributed by atoms with van der Waals surface area (Å²) in [4.78, 5) is 28.2. The van der Waals surface area contributed by atoms with Gasteiger partial charge in [0.1, 0.15) is 11.6 Å². The number of aliphatic hydroxyl groups excluding tert-OH is 1. The van der Waals surface area contributed by atoms with E-state index in [9.17, 15) is 14.7 Å². The van der Waals surface area contributed by atoms with Crippen LogP contribution >= 0.6 is 0 Å². The van der Waals surface area contributed by atoms with Crippen molar-refractivity contribution < 1.29 is 14.6 Å². The summed E-state index contributed by atoms with van der Waals surface area (Å²) in [5.74, 6) is 0.481. The lowest BCUT2D eigenvalue weighted by atomic mass is 10.1. The number of aliphatic hydroxyl groups is 1. The number of carbonyl (C=O) groups is 1. The van der Waals surface area contributed by atoms with Crippen LogP contribution in [0.2, 0.25) is 0 Å². The van der Waals surface area contributed by atoms with Gasteiger partial charge in [-0.2, -0.15) is 0 Å². The van der Waals surface area contributed by atoms with Gasteiger partial charge in [-0.25, -0.2) is 4.98 Å². The highest BCUT2D eigenvalue weighted by Gasteiger charge is 2.12. The molecule has 1 N–H and O–H groups in total. The van der Waals surface area contributed by atoms with Crippen molar-refractivity contribution >= 4 is 16.9 Å². The molecule has 24 heavy (non-hydrogen) atoms. The summed E-state index contributed by atoms with van der Waals surface area (Å²) in [5, 5.41) is 9.79. The number of benzene rings is 2. The minimum atomic E-state index is -0.399. The summed E-state index contributed by atoms with van der Waals surface area (Å²) in [6.07, 6.45) is 0. The van der Waals surface area contributed by atoms with Crippen LogP contribution in [0.15, 0.2) is 53.3 Å². The number of nitrogens with zero attached hydrogens (tertiary/aromatic N) is 2. The van der Waals surface area contributed by atoms with Gasteiger partial charge in [-0.3, -0.25) is 14.2 Å². The number of rotatable bonds is 4. The number of esters is 1. The lowest BCUT2D eigenvalue weighted by Crippen LogP contribution is -2.25. The Balaban J connectivity index is 2.15. The van der Waals surface area contributed by atoms with E-state index in [1.807, 2.05) is 6.07 Å². The first-order valence-corrected chi connectivity index (χ1v) is 7.49. The van der Waals surface area contributed by atoms with Gasteiger partial charge >= 0.3 is 5.97 Å². The van der Waals surface area contributed by atoms with E-state index in [1.165, 1.54) is 11.5 Å². The van der Waals surface area contributed by atoms with Gasteiger partial charge in [-0.1, -0.05) is 12.1 Å². The zero-order valence-electron chi connectivity index (χ0n) is 13.1. The second kappa shape index (κ2) is 6.64. The first kappa shape index (κ1) is 15.9. The van der Waals surface area contributed by atoms with Gasteiger partial charge in [0, 0.05) is 12.5 Å². The summed E-state index contributed by atoms with van der Waals surface area (Å²) in [7, 11) is 0. The van der Waals surface area contributed by atoms with Gasteiger partial charge in [0.2, 0.25) is 0 Å². The molecule has 3 aromatic rings. The van der Waals surface area contributed by atoms with E-state index in [1.54, 1.807) is 42.5 Å². The maximum atomic E-state index is 12.7. The number of carbonyl (C=O) groups excluding carboxylic acids is 1. The monoisotopic (exact) mass is 324 g/mol. The molecule has 2 aromatic carbocycles. The van der Waals surface area contributed by atoms with E-state index in [0.717, 1.165) is 0 Å². The third-order valence-corrected chi connectivity index (χ3v) is 3.56. The number of fused-ring (bicyclic) bond motifs is 1. The molecule has 1 aromatic heterocycles. The molecule has 0 atom stereocenters. The Hall–Kier alpha value is -2.99. The summed E-state index contributed by atoms with van der Waals surface area (Å²) >= 11 is 0. The number of aromatic nitrogens is 2. The van der Waals surface area contributed by atoms with E-state index in [-0.39, 0.29) is 18.7 Å². The highest BCUT2D eigenvalue weighted by molar-refractivity contribution is 5.79. The maximum Gasteiger partial charge on any atom is 0.308 e. The fourth-order valence-corrected chi connectivity index (χ4v) is 2.53. The van der Waals surface area contributed by atoms with Crippen LogP contribution in [-0.2, 0) is 11.3 Å². The first-order chi connectivity index (χ1) is 11.6. The second-order valence-electron chi connectivity index (χ2n) is 5.25. The van der Waals surface area contributed by atoms with Crippen molar-refractivity contribution in [2.24, 2.45) is 0 Å². The van der Waals surface area contributed by atoms with Crippen molar-refractivity contribution in [3.05, 3.63) is 58.9 Å². The van der Waals surface area contributed by atoms with Crippen LogP contribution in [-0.4, -0.2) is 27.2 Å². The van der Waals surface area contributed by atoms with E-state index < -0.39 is 5.97 Å². The molecule has 0 saturated heterocycles. The van der Waals surface area contributed by atoms with Crippen molar-refractivity contribution in [1.29, 1.82) is 0 Å². The molecule has 0 amide bonds. The lowest BCUT2D eigenvalue weighted by Gasteiger charge is -2.13. The van der Waals surface area contributed by atoms with E-state index in [0.29, 0.717) is 28.0 Å². The summed E-state index contributed by atoms with van der Waals surface area (Å²) < 4.78 is 6.46. The van der Waals surface area contributed by atoms with Crippen LogP contribution in [0, 0.1) is 0 Å². The Morgan fingerprint density at radius 1 is 1.17 bits per heavy atom. The topological polar surface area (TPSA) is 81.4 Å². The van der Waals surface area contributed by atoms with Crippen LogP contribution in [0.3, 0.4) is 0 Å². The number of para-hydroxylation sites is 1. The second-order valence-corrected chi connectivity index (χ2v) is 5.25. The smallest absolute Gasteiger partial charge is 0.308 e. The highest BCUT2D eigenvalue weighted by atomic mass is 16.5. The van der Waals surface area contributed by atoms with Crippen LogP contribution in [0.5, 0.6) is 5.75 Å². The lowest BCUT2D eigenvalue weighted by molar-refractivity contribution is -0.131. The van der Waals surface area contributed by atoms with E-state index in [4.69, 9.17) is 4.74 Å². The van der Waals surface area contributed by atoms with Crippen LogP contribution in [0.4, 0.5) is 0 Å². The molecule has 0 aliphatic rings. The Morgan fingerprint density at radius 2 is 1.88 bits per heavy atom. The molecule has 0 aliphatic carbocycles. The number of hydrogen-bond acceptors (Lipinski definition) is 5. The zero-order chi connectivity index (χ0) is 17.1. The minimum Gasteiger partial charge on any atom is -0.427 e. The predicted octanol–water partition coefficient (Wildman–Crippen LogP) is 1.98. The molecule has 0 spiro atoms. The average Bonchev–Trinajstić information content (AvgIpc) is 2.58. The largest absolute Gasteiger partial charge is 0.427 e. The Kier molecular flexibility index (Phi) is 4.39. The molecule has 122 valence electrons. The molecule has 0 radical (unpaired) electrons. The van der Waals surface area contributed by atoms with Crippen LogP contribution in [0.25, 0.3) is 22.3 Å². The normalized spacial score (nSPS) is 10.8. The minimum absolute atomic E-state index is 0.150. The molecule has 6 heteroatoms. The Bertz CT molecular complexity index is 945. The Labute approximate surface area is 138 Å². The molecule has 0 unspecified atom stereocenters. The fraction of sp³-hybridized carbons (Fsp3) is 0.167. The molecule has 1 heterocycles. The summed E-state index contributed by atoms with van der Waals surface area (Å²) in [6, 6.07) is 13.8. The van der Waals surface area contributed by atoms with Gasteiger partial charge in [0.05, 0.1) is 24.1 Å². The Morgan fingerprint density at radius 3 is 2.54 bits per heavy atom. The molecule has 0 fully saturated rings. The molecule has 0 saturated carbocycles. The molecular weight excluding hydrogens is 308 g/mol. The molecule has 0 aliphatic heterocycles. The maximum absolute atomic E-state index is 12.7. The zero-order valence-corrected chi connectivity index (χ0v) is 13.1. The third kappa shape index (κ3) is 3.04. The van der Waals surface area contributed by atoms with Crippen LogP contribution in [0.1, 0.15) is 6.92 Å². The van der Waals surface area contributed by atoms with Gasteiger partial charge in [0.15, 0.2) is 0 Å². The first-order valence-electron chi connectivity index (χ1n) is 7.49. The van der Waals surface area contributed by atoms with Gasteiger partial charge in [-0.05, 0) is 36.4 Å². The third-order valence-electron chi connectivity index (χ3n) is 3.56. The van der Waals surface area contributed by atoms with Crippen molar-refractivity contribution in [1.82, 2.24) is 9.55 Å². The van der Waals surface area contributed by atoms with Gasteiger partial charge < -0.3 is 9.84 Å². The van der Waals surface area contributed by atoms with Crippen molar-refractivity contribution in [3.8, 4) is 17.1 Å². The summed E-state index contributed by atoms with van der Waals surface area (Å²) in [5.41, 5.74) is 1.09.